The van der Waals surface area contributed by atoms with Crippen molar-refractivity contribution in [2.45, 2.75) is 13.8 Å². The zero-order chi connectivity index (χ0) is 9.14. The number of carbonyl (C=O) groups excluding carboxylic acids is 1. The summed E-state index contributed by atoms with van der Waals surface area (Å²) < 4.78 is 9.02. The number of aromatic hydroxyl groups is 1. The van der Waals surface area contributed by atoms with Crippen molar-refractivity contribution in [2.24, 2.45) is 0 Å². The summed E-state index contributed by atoms with van der Waals surface area (Å²) in [6, 6.07) is 0. The summed E-state index contributed by atoms with van der Waals surface area (Å²) in [5.74, 6) is -1.11. The van der Waals surface area contributed by atoms with Crippen LogP contribution in [0.1, 0.15) is 23.0 Å². The number of aryl methyl sites for hydroxylation is 1. The Balaban J connectivity index is 0.00000144. The standard InChI is InChI=1S/C7H9NO4.Na.H/c1-3-11-6(9)5-4(2)8-12-7(5)10;;/h10H,3H2,1-2H3;;. The molecule has 5 nitrogen and oxygen atoms in total. The van der Waals surface area contributed by atoms with Crippen LogP contribution in [0.5, 0.6) is 5.95 Å². The Morgan fingerprint density at radius 2 is 2.31 bits per heavy atom. The molecule has 68 valence electrons. The summed E-state index contributed by atoms with van der Waals surface area (Å²) in [4.78, 5) is 11.1. The molecule has 1 rings (SSSR count). The van der Waals surface area contributed by atoms with Crippen LogP contribution in [0, 0.1) is 6.92 Å². The maximum absolute atomic E-state index is 11.1. The van der Waals surface area contributed by atoms with Crippen LogP contribution in [0.15, 0.2) is 4.52 Å². The fourth-order valence-electron chi connectivity index (χ4n) is 0.796. The topological polar surface area (TPSA) is 72.6 Å². The van der Waals surface area contributed by atoms with Crippen LogP contribution in [-0.2, 0) is 4.74 Å². The second-order valence-electron chi connectivity index (χ2n) is 2.17. The van der Waals surface area contributed by atoms with E-state index < -0.39 is 11.9 Å². The van der Waals surface area contributed by atoms with Crippen molar-refractivity contribution < 1.29 is 19.2 Å². The van der Waals surface area contributed by atoms with E-state index in [-0.39, 0.29) is 41.7 Å². The summed E-state index contributed by atoms with van der Waals surface area (Å²) >= 11 is 0. The molecule has 0 bridgehead atoms. The van der Waals surface area contributed by atoms with E-state index in [1.54, 1.807) is 13.8 Å². The first-order chi connectivity index (χ1) is 5.66. The molecule has 1 aromatic rings. The number of hydrogen-bond acceptors (Lipinski definition) is 5. The van der Waals surface area contributed by atoms with Crippen LogP contribution in [0.25, 0.3) is 0 Å². The van der Waals surface area contributed by atoms with Crippen LogP contribution in [0.3, 0.4) is 0 Å². The molecule has 0 aromatic carbocycles. The van der Waals surface area contributed by atoms with Gasteiger partial charge in [-0.15, -0.1) is 0 Å². The van der Waals surface area contributed by atoms with Gasteiger partial charge in [0, 0.05) is 0 Å². The van der Waals surface area contributed by atoms with E-state index in [4.69, 9.17) is 5.11 Å². The van der Waals surface area contributed by atoms with Crippen molar-refractivity contribution in [3.05, 3.63) is 11.3 Å². The Bertz CT molecular complexity index is 277. The molecule has 6 heteroatoms. The van der Waals surface area contributed by atoms with Crippen molar-refractivity contribution in [1.82, 2.24) is 5.16 Å². The van der Waals surface area contributed by atoms with E-state index in [0.717, 1.165) is 0 Å². The molecule has 0 atom stereocenters. The maximum atomic E-state index is 11.1. The molecule has 1 N–H and O–H groups in total. The molecule has 0 saturated heterocycles. The van der Waals surface area contributed by atoms with Crippen molar-refractivity contribution in [3.63, 3.8) is 0 Å². The van der Waals surface area contributed by atoms with E-state index in [2.05, 4.69) is 14.4 Å². The normalized spacial score (nSPS) is 9.08. The van der Waals surface area contributed by atoms with Gasteiger partial charge in [-0.25, -0.2) is 4.79 Å². The number of hydrogen-bond donors (Lipinski definition) is 1. The molecule has 0 unspecified atom stereocenters. The van der Waals surface area contributed by atoms with Crippen LogP contribution < -0.4 is 0 Å². The van der Waals surface area contributed by atoms with Gasteiger partial charge in [0.1, 0.15) is 0 Å². The van der Waals surface area contributed by atoms with Gasteiger partial charge in [-0.3, -0.25) is 0 Å². The number of esters is 1. The summed E-state index contributed by atoms with van der Waals surface area (Å²) in [5, 5.41) is 12.4. The molecule has 0 aliphatic carbocycles. The first-order valence-electron chi connectivity index (χ1n) is 3.49. The minimum absolute atomic E-state index is 0. The third-order valence-corrected chi connectivity index (χ3v) is 1.32. The average molecular weight is 195 g/mol. The molecule has 13 heavy (non-hydrogen) atoms. The molecule has 0 fully saturated rings. The third-order valence-electron chi connectivity index (χ3n) is 1.32. The summed E-state index contributed by atoms with van der Waals surface area (Å²) in [6.07, 6.45) is 0. The zero-order valence-corrected chi connectivity index (χ0v) is 6.83. The number of carbonyl (C=O) groups is 1. The van der Waals surface area contributed by atoms with Gasteiger partial charge in [-0.2, -0.15) is 0 Å². The van der Waals surface area contributed by atoms with Crippen molar-refractivity contribution in [2.75, 3.05) is 6.61 Å². The first kappa shape index (κ1) is 12.5. The molecule has 0 aliphatic heterocycles. The molecule has 1 heterocycles. The van der Waals surface area contributed by atoms with Gasteiger partial charge in [0.15, 0.2) is 5.56 Å². The van der Waals surface area contributed by atoms with Crippen LogP contribution in [0.4, 0.5) is 0 Å². The van der Waals surface area contributed by atoms with Crippen molar-refractivity contribution >= 4 is 35.5 Å². The Hall–Kier alpha value is -0.520. The Morgan fingerprint density at radius 3 is 2.69 bits per heavy atom. The van der Waals surface area contributed by atoms with Gasteiger partial charge in [-0.1, -0.05) is 5.16 Å². The first-order valence-corrected chi connectivity index (χ1v) is 3.49. The number of ether oxygens (including phenoxy) is 1. The van der Waals surface area contributed by atoms with E-state index in [1.807, 2.05) is 0 Å². The van der Waals surface area contributed by atoms with E-state index in [1.165, 1.54) is 0 Å². The second kappa shape index (κ2) is 5.26. The molecular formula is C7H10NNaO4. The average Bonchev–Trinajstić information content (AvgIpc) is 2.32. The van der Waals surface area contributed by atoms with Crippen LogP contribution in [0.2, 0.25) is 0 Å². The van der Waals surface area contributed by atoms with Gasteiger partial charge in [0.2, 0.25) is 0 Å². The quantitative estimate of drug-likeness (QED) is 0.539. The van der Waals surface area contributed by atoms with E-state index in [0.29, 0.717) is 5.69 Å². The molecule has 0 amide bonds. The van der Waals surface area contributed by atoms with Gasteiger partial charge in [0.25, 0.3) is 0 Å². The summed E-state index contributed by atoms with van der Waals surface area (Å²) in [6.45, 7) is 3.48. The van der Waals surface area contributed by atoms with Crippen molar-refractivity contribution in [1.29, 1.82) is 0 Å². The van der Waals surface area contributed by atoms with Gasteiger partial charge in [-0.05, 0) is 13.8 Å². The van der Waals surface area contributed by atoms with Crippen LogP contribution in [-0.4, -0.2) is 52.4 Å². The fourth-order valence-corrected chi connectivity index (χ4v) is 0.796. The molecule has 0 aliphatic rings. The molecule has 0 spiro atoms. The Kier molecular flexibility index (Phi) is 5.05. The SMILES string of the molecule is CCOC(=O)c1c(C)noc1O.[NaH]. The Morgan fingerprint density at radius 1 is 1.69 bits per heavy atom. The summed E-state index contributed by atoms with van der Waals surface area (Å²) in [7, 11) is 0. The number of rotatable bonds is 2. The van der Waals surface area contributed by atoms with E-state index >= 15 is 0 Å². The van der Waals surface area contributed by atoms with Gasteiger partial charge in [0.05, 0.1) is 12.3 Å². The van der Waals surface area contributed by atoms with E-state index in [9.17, 15) is 4.79 Å². The predicted molar refractivity (Wildman–Crippen MR) is 46.0 cm³/mol. The molecule has 0 saturated carbocycles. The predicted octanol–water partition coefficient (Wildman–Crippen LogP) is 0.217. The number of aromatic nitrogens is 1. The molecule has 1 aromatic heterocycles. The fraction of sp³-hybridized carbons (Fsp3) is 0.429. The second-order valence-corrected chi connectivity index (χ2v) is 2.17. The Labute approximate surface area is 97.3 Å². The number of nitrogens with zero attached hydrogens (tertiary/aromatic N) is 1. The monoisotopic (exact) mass is 195 g/mol. The van der Waals surface area contributed by atoms with Gasteiger partial charge < -0.3 is 14.4 Å². The van der Waals surface area contributed by atoms with Crippen LogP contribution >= 0.6 is 0 Å². The third kappa shape index (κ3) is 2.72. The minimum atomic E-state index is -0.617. The van der Waals surface area contributed by atoms with Gasteiger partial charge >= 0.3 is 41.5 Å². The summed E-state index contributed by atoms with van der Waals surface area (Å²) in [5.41, 5.74) is 0.322. The zero-order valence-electron chi connectivity index (χ0n) is 6.83. The molecule has 0 radical (unpaired) electrons. The van der Waals surface area contributed by atoms with Crippen molar-refractivity contribution in [3.8, 4) is 5.95 Å². The molecular weight excluding hydrogens is 185 g/mol.